The fourth-order valence-electron chi connectivity index (χ4n) is 0.676. The number of aromatic nitrogens is 3. The van der Waals surface area contributed by atoms with E-state index in [1.54, 1.807) is 17.1 Å². The van der Waals surface area contributed by atoms with Crippen molar-refractivity contribution in [1.29, 1.82) is 0 Å². The molecule has 1 rings (SSSR count). The van der Waals surface area contributed by atoms with E-state index >= 15 is 0 Å². The molecule has 62 valence electrons. The fourth-order valence-corrected chi connectivity index (χ4v) is 0.676. The predicted molar refractivity (Wildman–Crippen MR) is 49.3 cm³/mol. The molecule has 0 radical (unpaired) electrons. The molecule has 0 atom stereocenters. The van der Waals surface area contributed by atoms with E-state index in [0.29, 0.717) is 0 Å². The van der Waals surface area contributed by atoms with Crippen LogP contribution in [0, 0.1) is 0 Å². The molecule has 0 fully saturated rings. The zero-order valence-electron chi connectivity index (χ0n) is 7.07. The maximum atomic E-state index is 3.80. The van der Waals surface area contributed by atoms with Gasteiger partial charge in [0.05, 0.1) is 18.1 Å². The highest BCUT2D eigenvalue weighted by atomic mass is 15.4. The molecule has 0 unspecified atom stereocenters. The van der Waals surface area contributed by atoms with Crippen molar-refractivity contribution in [1.82, 2.24) is 15.0 Å². The predicted octanol–water partition coefficient (Wildman–Crippen LogP) is 1.88. The lowest BCUT2D eigenvalue weighted by molar-refractivity contribution is 0.825. The van der Waals surface area contributed by atoms with Crippen LogP contribution in [0.1, 0.15) is 6.92 Å². The number of allylic oxidation sites excluding steroid dienone is 4. The van der Waals surface area contributed by atoms with Crippen LogP contribution in [0.5, 0.6) is 0 Å². The van der Waals surface area contributed by atoms with Gasteiger partial charge in [-0.15, -0.1) is 5.10 Å². The van der Waals surface area contributed by atoms with Crippen molar-refractivity contribution in [3.05, 3.63) is 43.3 Å². The van der Waals surface area contributed by atoms with E-state index in [0.717, 1.165) is 11.3 Å². The Hall–Kier alpha value is -1.64. The molecule has 0 aliphatic carbocycles. The van der Waals surface area contributed by atoms with Crippen LogP contribution in [-0.4, -0.2) is 15.0 Å². The standard InChI is InChI=1S/C9H11N3/c1-8(2)4-5-9(3)12-7-6-10-11-12/h4-7H,1,3H2,2H3/b5-4-. The second kappa shape index (κ2) is 3.67. The molecule has 1 heterocycles. The van der Waals surface area contributed by atoms with E-state index in [-0.39, 0.29) is 0 Å². The van der Waals surface area contributed by atoms with Gasteiger partial charge in [0, 0.05) is 0 Å². The first-order valence-corrected chi connectivity index (χ1v) is 3.59. The maximum absolute atomic E-state index is 3.80. The Balaban J connectivity index is 2.68. The van der Waals surface area contributed by atoms with Gasteiger partial charge in [0.25, 0.3) is 0 Å². The average Bonchev–Trinajstić information content (AvgIpc) is 2.51. The molecule has 3 nitrogen and oxygen atoms in total. The zero-order valence-corrected chi connectivity index (χ0v) is 7.07. The summed E-state index contributed by atoms with van der Waals surface area (Å²) in [5.41, 5.74) is 1.76. The quantitative estimate of drug-likeness (QED) is 0.634. The van der Waals surface area contributed by atoms with Crippen LogP contribution in [0.25, 0.3) is 5.70 Å². The maximum Gasteiger partial charge on any atom is 0.0697 e. The molecule has 1 aromatic heterocycles. The molecule has 0 aromatic carbocycles. The summed E-state index contributed by atoms with van der Waals surface area (Å²) in [4.78, 5) is 0. The van der Waals surface area contributed by atoms with E-state index in [4.69, 9.17) is 0 Å². The first-order chi connectivity index (χ1) is 5.70. The highest BCUT2D eigenvalue weighted by Gasteiger charge is 1.90. The van der Waals surface area contributed by atoms with Crippen LogP contribution in [0.3, 0.4) is 0 Å². The van der Waals surface area contributed by atoms with E-state index in [1.165, 1.54) is 0 Å². The Morgan fingerprint density at radius 2 is 2.17 bits per heavy atom. The summed E-state index contributed by atoms with van der Waals surface area (Å²) in [6.07, 6.45) is 7.08. The van der Waals surface area contributed by atoms with Crippen molar-refractivity contribution in [2.45, 2.75) is 6.92 Å². The van der Waals surface area contributed by atoms with Crippen molar-refractivity contribution in [3.63, 3.8) is 0 Å². The lowest BCUT2D eigenvalue weighted by Gasteiger charge is -1.96. The minimum Gasteiger partial charge on any atom is -0.221 e. The van der Waals surface area contributed by atoms with Crippen LogP contribution in [0.4, 0.5) is 0 Å². The third-order valence-corrected chi connectivity index (χ3v) is 1.28. The topological polar surface area (TPSA) is 30.7 Å². The van der Waals surface area contributed by atoms with Gasteiger partial charge in [0.2, 0.25) is 0 Å². The van der Waals surface area contributed by atoms with Gasteiger partial charge in [-0.05, 0) is 13.0 Å². The highest BCUT2D eigenvalue weighted by molar-refractivity contribution is 5.53. The summed E-state index contributed by atoms with van der Waals surface area (Å²) < 4.78 is 1.60. The van der Waals surface area contributed by atoms with Gasteiger partial charge in [-0.3, -0.25) is 0 Å². The Bertz CT molecular complexity index is 307. The monoisotopic (exact) mass is 161 g/mol. The highest BCUT2D eigenvalue weighted by Crippen LogP contribution is 2.01. The average molecular weight is 161 g/mol. The minimum absolute atomic E-state index is 0.774. The molecular weight excluding hydrogens is 150 g/mol. The van der Waals surface area contributed by atoms with E-state index in [1.807, 2.05) is 19.1 Å². The SMILES string of the molecule is C=C(C)/C=C\C(=C)n1ccnn1. The summed E-state index contributed by atoms with van der Waals surface area (Å²) in [5.74, 6) is 0. The van der Waals surface area contributed by atoms with Gasteiger partial charge < -0.3 is 0 Å². The largest absolute Gasteiger partial charge is 0.221 e. The molecule has 0 N–H and O–H groups in total. The molecule has 0 spiro atoms. The van der Waals surface area contributed by atoms with E-state index in [2.05, 4.69) is 23.5 Å². The molecule has 0 saturated heterocycles. The molecule has 0 amide bonds. The molecular formula is C9H11N3. The van der Waals surface area contributed by atoms with E-state index in [9.17, 15) is 0 Å². The summed E-state index contributed by atoms with van der Waals surface area (Å²) in [5, 5.41) is 7.45. The van der Waals surface area contributed by atoms with Crippen molar-refractivity contribution in [2.75, 3.05) is 0 Å². The summed E-state index contributed by atoms with van der Waals surface area (Å²) >= 11 is 0. The number of hydrogen-bond donors (Lipinski definition) is 0. The minimum atomic E-state index is 0.774. The first kappa shape index (κ1) is 8.46. The van der Waals surface area contributed by atoms with Gasteiger partial charge in [-0.25, -0.2) is 4.68 Å². The Morgan fingerprint density at radius 3 is 2.67 bits per heavy atom. The van der Waals surface area contributed by atoms with Gasteiger partial charge in [0.1, 0.15) is 0 Å². The molecule has 12 heavy (non-hydrogen) atoms. The summed E-state index contributed by atoms with van der Waals surface area (Å²) in [6, 6.07) is 0. The lowest BCUT2D eigenvalue weighted by Crippen LogP contribution is -1.93. The van der Waals surface area contributed by atoms with Gasteiger partial charge >= 0.3 is 0 Å². The second-order valence-electron chi connectivity index (χ2n) is 2.52. The van der Waals surface area contributed by atoms with Crippen molar-refractivity contribution in [2.24, 2.45) is 0 Å². The second-order valence-corrected chi connectivity index (χ2v) is 2.52. The molecule has 0 aliphatic heterocycles. The first-order valence-electron chi connectivity index (χ1n) is 3.59. The number of nitrogens with zero attached hydrogens (tertiary/aromatic N) is 3. The third kappa shape index (κ3) is 2.20. The van der Waals surface area contributed by atoms with Gasteiger partial charge in [0.15, 0.2) is 0 Å². The fraction of sp³-hybridized carbons (Fsp3) is 0.111. The molecule has 3 heteroatoms. The Morgan fingerprint density at radius 1 is 1.42 bits per heavy atom. The number of rotatable bonds is 3. The zero-order chi connectivity index (χ0) is 8.97. The lowest BCUT2D eigenvalue weighted by atomic mass is 10.3. The van der Waals surface area contributed by atoms with Crippen molar-refractivity contribution in [3.8, 4) is 0 Å². The summed E-state index contributed by atoms with van der Waals surface area (Å²) in [7, 11) is 0. The molecule has 1 aromatic rings. The van der Waals surface area contributed by atoms with Crippen LogP contribution in [-0.2, 0) is 0 Å². The molecule has 0 aliphatic rings. The van der Waals surface area contributed by atoms with Crippen LogP contribution < -0.4 is 0 Å². The van der Waals surface area contributed by atoms with Crippen LogP contribution in [0.2, 0.25) is 0 Å². The molecule has 0 saturated carbocycles. The van der Waals surface area contributed by atoms with Crippen molar-refractivity contribution >= 4 is 5.70 Å². The van der Waals surface area contributed by atoms with Crippen LogP contribution >= 0.6 is 0 Å². The normalized spacial score (nSPS) is 10.4. The summed E-state index contributed by atoms with van der Waals surface area (Å²) in [6.45, 7) is 9.46. The Labute approximate surface area is 71.7 Å². The smallest absolute Gasteiger partial charge is 0.0697 e. The Kier molecular flexibility index (Phi) is 2.58. The third-order valence-electron chi connectivity index (χ3n) is 1.28. The van der Waals surface area contributed by atoms with Crippen molar-refractivity contribution < 1.29 is 0 Å². The number of hydrogen-bond acceptors (Lipinski definition) is 2. The van der Waals surface area contributed by atoms with Gasteiger partial charge in [-0.1, -0.05) is 30.0 Å². The van der Waals surface area contributed by atoms with Crippen LogP contribution in [0.15, 0.2) is 43.3 Å². The van der Waals surface area contributed by atoms with E-state index < -0.39 is 0 Å². The van der Waals surface area contributed by atoms with Gasteiger partial charge in [-0.2, -0.15) is 0 Å². The molecule has 0 bridgehead atoms.